The van der Waals surface area contributed by atoms with Gasteiger partial charge in [-0.2, -0.15) is 0 Å². The lowest BCUT2D eigenvalue weighted by molar-refractivity contribution is -0.237. The first-order chi connectivity index (χ1) is 13.2. The summed E-state index contributed by atoms with van der Waals surface area (Å²) in [4.78, 5) is 5.65. The third-order valence-electron chi connectivity index (χ3n) is 4.46. The Labute approximate surface area is 155 Å². The van der Waals surface area contributed by atoms with Crippen LogP contribution < -0.4 is 0 Å². The van der Waals surface area contributed by atoms with E-state index < -0.39 is 43.0 Å². The van der Waals surface area contributed by atoms with Crippen LogP contribution in [-0.2, 0) is 18.9 Å². The Morgan fingerprint density at radius 2 is 1.78 bits per heavy atom. The second kappa shape index (κ2) is 9.43. The number of hydrogen-bond acceptors (Lipinski definition) is 7. The summed E-state index contributed by atoms with van der Waals surface area (Å²) < 4.78 is 22.5. The predicted octanol–water partition coefficient (Wildman–Crippen LogP) is 2.61. The van der Waals surface area contributed by atoms with Crippen LogP contribution in [-0.4, -0.2) is 54.7 Å². The van der Waals surface area contributed by atoms with Gasteiger partial charge in [-0.1, -0.05) is 28.5 Å². The molecule has 2 heterocycles. The summed E-state index contributed by atoms with van der Waals surface area (Å²) in [6.45, 7) is 0.397. The van der Waals surface area contributed by atoms with Gasteiger partial charge < -0.3 is 24.1 Å². The van der Waals surface area contributed by atoms with Crippen molar-refractivity contribution in [3.05, 3.63) is 57.5 Å². The molecule has 27 heavy (non-hydrogen) atoms. The van der Waals surface area contributed by atoms with Crippen molar-refractivity contribution in [2.24, 2.45) is 10.2 Å². The van der Waals surface area contributed by atoms with Crippen LogP contribution in [0.3, 0.4) is 0 Å². The standard InChI is InChI=1S/C16H20N6O5/c17-21-19-10-9-11(20-22-18)16(27-13-6-2-4-8-25-13)14(23)15(10)26-12-5-1-3-7-24-12/h1-5,7,10-16,23H,6,8-9H2/t10-,11+,12?,13?,14-,15+,16-/m1/s1. The van der Waals surface area contributed by atoms with Crippen molar-refractivity contribution in [2.45, 2.75) is 55.8 Å². The van der Waals surface area contributed by atoms with Crippen molar-refractivity contribution in [3.8, 4) is 0 Å². The second-order valence-electron chi connectivity index (χ2n) is 6.16. The molecule has 3 rings (SSSR count). The average molecular weight is 376 g/mol. The van der Waals surface area contributed by atoms with Gasteiger partial charge >= 0.3 is 0 Å². The van der Waals surface area contributed by atoms with E-state index in [0.29, 0.717) is 13.0 Å². The molecule has 7 atom stereocenters. The minimum absolute atomic E-state index is 0.162. The van der Waals surface area contributed by atoms with E-state index >= 15 is 0 Å². The fourth-order valence-corrected chi connectivity index (χ4v) is 3.24. The summed E-state index contributed by atoms with van der Waals surface area (Å²) in [5.41, 5.74) is 17.8. The molecule has 1 saturated carbocycles. The van der Waals surface area contributed by atoms with Crippen molar-refractivity contribution < 1.29 is 24.1 Å². The topological polar surface area (TPSA) is 155 Å². The maximum absolute atomic E-state index is 10.9. The molecule has 144 valence electrons. The van der Waals surface area contributed by atoms with Crippen molar-refractivity contribution in [3.63, 3.8) is 0 Å². The van der Waals surface area contributed by atoms with E-state index in [1.807, 2.05) is 12.2 Å². The molecule has 0 aromatic carbocycles. The zero-order chi connectivity index (χ0) is 19.1. The summed E-state index contributed by atoms with van der Waals surface area (Å²) in [5.74, 6) is 0. The Bertz CT molecular complexity index is 699. The van der Waals surface area contributed by atoms with Gasteiger partial charge in [0.2, 0.25) is 6.29 Å². The molecule has 0 saturated heterocycles. The number of allylic oxidation sites excluding steroid dienone is 2. The number of hydrogen-bond donors (Lipinski definition) is 1. The number of aliphatic hydroxyl groups is 1. The molecular formula is C16H20N6O5. The zero-order valence-electron chi connectivity index (χ0n) is 14.4. The Balaban J connectivity index is 1.79. The maximum Gasteiger partial charge on any atom is 0.219 e. The Kier molecular flexibility index (Phi) is 6.72. The number of ether oxygens (including phenoxy) is 4. The summed E-state index contributed by atoms with van der Waals surface area (Å²) in [6.07, 6.45) is 6.69. The van der Waals surface area contributed by atoms with Gasteiger partial charge in [0.15, 0.2) is 6.29 Å². The minimum atomic E-state index is -1.22. The van der Waals surface area contributed by atoms with Crippen molar-refractivity contribution in [2.75, 3.05) is 6.61 Å². The predicted molar refractivity (Wildman–Crippen MR) is 92.9 cm³/mol. The molecule has 2 aliphatic heterocycles. The fourth-order valence-electron chi connectivity index (χ4n) is 3.24. The molecule has 2 unspecified atom stereocenters. The molecule has 0 amide bonds. The first kappa shape index (κ1) is 19.2. The third kappa shape index (κ3) is 4.81. The zero-order valence-corrected chi connectivity index (χ0v) is 14.4. The lowest BCUT2D eigenvalue weighted by Gasteiger charge is -2.43. The number of nitrogens with zero attached hydrogens (tertiary/aromatic N) is 6. The molecule has 3 aliphatic rings. The van der Waals surface area contributed by atoms with Crippen LogP contribution in [0.2, 0.25) is 0 Å². The van der Waals surface area contributed by atoms with Gasteiger partial charge in [-0.25, -0.2) is 0 Å². The molecule has 11 heteroatoms. The van der Waals surface area contributed by atoms with E-state index in [0.717, 1.165) is 0 Å². The third-order valence-corrected chi connectivity index (χ3v) is 4.46. The van der Waals surface area contributed by atoms with Crippen molar-refractivity contribution in [1.29, 1.82) is 0 Å². The smallest absolute Gasteiger partial charge is 0.219 e. The van der Waals surface area contributed by atoms with Crippen LogP contribution in [0, 0.1) is 0 Å². The Morgan fingerprint density at radius 3 is 2.37 bits per heavy atom. The first-order valence-electron chi connectivity index (χ1n) is 8.55. The molecular weight excluding hydrogens is 356 g/mol. The summed E-state index contributed by atoms with van der Waals surface area (Å²) in [6, 6.07) is -1.49. The van der Waals surface area contributed by atoms with Gasteiger partial charge in [-0.05, 0) is 29.6 Å². The van der Waals surface area contributed by atoms with Crippen molar-refractivity contribution >= 4 is 0 Å². The summed E-state index contributed by atoms with van der Waals surface area (Å²) in [7, 11) is 0. The molecule has 0 bridgehead atoms. The highest BCUT2D eigenvalue weighted by Gasteiger charge is 2.47. The van der Waals surface area contributed by atoms with Gasteiger partial charge in [0, 0.05) is 16.2 Å². The SMILES string of the molecule is [N-]=[N+]=N[C@H]1C[C@@H](N=[N+]=[N-])[C@H](OC2C=CC=CO2)[C@@H](O)[C@@H]1OC1CC=CCO1. The minimum Gasteiger partial charge on any atom is -0.469 e. The number of aliphatic hydroxyl groups excluding tert-OH is 1. The van der Waals surface area contributed by atoms with E-state index in [1.165, 1.54) is 6.26 Å². The quantitative estimate of drug-likeness (QED) is 0.326. The molecule has 1 aliphatic carbocycles. The van der Waals surface area contributed by atoms with Gasteiger partial charge in [0.25, 0.3) is 0 Å². The van der Waals surface area contributed by atoms with Gasteiger partial charge in [-0.3, -0.25) is 0 Å². The van der Waals surface area contributed by atoms with E-state index in [2.05, 4.69) is 20.1 Å². The normalized spacial score (nSPS) is 37.7. The molecule has 0 radical (unpaired) electrons. The summed E-state index contributed by atoms with van der Waals surface area (Å²) >= 11 is 0. The Morgan fingerprint density at radius 1 is 1.04 bits per heavy atom. The molecule has 0 spiro atoms. The van der Waals surface area contributed by atoms with Crippen LogP contribution in [0.4, 0.5) is 0 Å². The molecule has 1 N–H and O–H groups in total. The van der Waals surface area contributed by atoms with Crippen LogP contribution in [0.1, 0.15) is 12.8 Å². The fraction of sp³-hybridized carbons (Fsp3) is 0.625. The lowest BCUT2D eigenvalue weighted by Crippen LogP contribution is -2.58. The van der Waals surface area contributed by atoms with Crippen LogP contribution in [0.5, 0.6) is 0 Å². The second-order valence-corrected chi connectivity index (χ2v) is 6.16. The number of azide groups is 2. The monoisotopic (exact) mass is 376 g/mol. The van der Waals surface area contributed by atoms with E-state index in [1.54, 1.807) is 18.2 Å². The maximum atomic E-state index is 10.9. The molecule has 11 nitrogen and oxygen atoms in total. The van der Waals surface area contributed by atoms with Gasteiger partial charge in [0.1, 0.15) is 6.10 Å². The van der Waals surface area contributed by atoms with Crippen molar-refractivity contribution in [1.82, 2.24) is 0 Å². The average Bonchev–Trinajstić information content (AvgIpc) is 2.70. The van der Waals surface area contributed by atoms with Crippen LogP contribution in [0.25, 0.3) is 20.9 Å². The van der Waals surface area contributed by atoms with Gasteiger partial charge in [0.05, 0.1) is 37.2 Å². The van der Waals surface area contributed by atoms with E-state index in [-0.39, 0.29) is 6.42 Å². The molecule has 0 aromatic heterocycles. The Hall–Kier alpha value is -2.52. The van der Waals surface area contributed by atoms with E-state index in [9.17, 15) is 5.11 Å². The molecule has 0 aromatic rings. The highest BCUT2D eigenvalue weighted by Crippen LogP contribution is 2.32. The van der Waals surface area contributed by atoms with Gasteiger partial charge in [-0.15, -0.1) is 0 Å². The molecule has 1 fully saturated rings. The largest absolute Gasteiger partial charge is 0.469 e. The lowest BCUT2D eigenvalue weighted by atomic mass is 9.84. The van der Waals surface area contributed by atoms with E-state index in [4.69, 9.17) is 30.0 Å². The number of rotatable bonds is 6. The highest BCUT2D eigenvalue weighted by molar-refractivity contribution is 5.07. The van der Waals surface area contributed by atoms with Crippen LogP contribution >= 0.6 is 0 Å². The van der Waals surface area contributed by atoms with Crippen LogP contribution in [0.15, 0.2) is 46.9 Å². The summed E-state index contributed by atoms with van der Waals surface area (Å²) in [5, 5.41) is 18.3. The first-order valence-corrected chi connectivity index (χ1v) is 8.55. The highest BCUT2D eigenvalue weighted by atomic mass is 16.7.